The van der Waals surface area contributed by atoms with Gasteiger partial charge in [-0.1, -0.05) is 5.16 Å². The molecule has 1 unspecified atom stereocenters. The Morgan fingerprint density at radius 2 is 2.18 bits per heavy atom. The average molecular weight is 238 g/mol. The number of likely N-dealkylation sites (tertiary alicyclic amines) is 1. The fraction of sp³-hybridized carbons (Fsp3) is 0.545. The first-order chi connectivity index (χ1) is 8.02. The lowest BCUT2D eigenvalue weighted by atomic mass is 10.1. The third-order valence-electron chi connectivity index (χ3n) is 3.05. The quantitative estimate of drug-likeness (QED) is 0.830. The van der Waals surface area contributed by atoms with E-state index in [4.69, 9.17) is 9.63 Å². The van der Waals surface area contributed by atoms with Crippen LogP contribution < -0.4 is 0 Å². The number of hydrogen-bond acceptors (Lipinski definition) is 4. The van der Waals surface area contributed by atoms with Crippen LogP contribution in [0.15, 0.2) is 4.52 Å². The number of rotatable bonds is 2. The van der Waals surface area contributed by atoms with E-state index in [2.05, 4.69) is 5.16 Å². The van der Waals surface area contributed by atoms with Crippen LogP contribution in [0, 0.1) is 13.8 Å². The number of aryl methyl sites for hydroxylation is 2. The minimum Gasteiger partial charge on any atom is -0.480 e. The summed E-state index contributed by atoms with van der Waals surface area (Å²) in [6.45, 7) is 3.80. The first kappa shape index (κ1) is 11.6. The van der Waals surface area contributed by atoms with Gasteiger partial charge in [-0.15, -0.1) is 0 Å². The predicted octanol–water partition coefficient (Wildman–Crippen LogP) is 0.981. The van der Waals surface area contributed by atoms with Gasteiger partial charge in [0.05, 0.1) is 5.69 Å². The number of amides is 1. The summed E-state index contributed by atoms with van der Waals surface area (Å²) in [5.41, 5.74) is 0.890. The van der Waals surface area contributed by atoms with Crippen molar-refractivity contribution in [1.29, 1.82) is 0 Å². The van der Waals surface area contributed by atoms with Crippen LogP contribution in [-0.4, -0.2) is 39.6 Å². The minimum atomic E-state index is -0.956. The summed E-state index contributed by atoms with van der Waals surface area (Å²) >= 11 is 0. The Hall–Kier alpha value is -1.85. The van der Waals surface area contributed by atoms with E-state index in [0.29, 0.717) is 36.4 Å². The molecule has 1 fully saturated rings. The molecule has 0 aromatic carbocycles. The minimum absolute atomic E-state index is 0.300. The summed E-state index contributed by atoms with van der Waals surface area (Å²) in [6, 6.07) is -0.726. The Balaban J connectivity index is 2.29. The van der Waals surface area contributed by atoms with E-state index in [1.807, 2.05) is 0 Å². The van der Waals surface area contributed by atoms with Gasteiger partial charge in [-0.05, 0) is 26.7 Å². The second-order valence-electron chi connectivity index (χ2n) is 4.19. The summed E-state index contributed by atoms with van der Waals surface area (Å²) < 4.78 is 4.93. The molecule has 1 aromatic rings. The Bertz CT molecular complexity index is 447. The van der Waals surface area contributed by atoms with Crippen LogP contribution >= 0.6 is 0 Å². The van der Waals surface area contributed by atoms with Crippen LogP contribution in [0.25, 0.3) is 0 Å². The SMILES string of the molecule is Cc1noc(C)c1C(=O)N1CCCC1C(=O)O. The molecule has 2 heterocycles. The van der Waals surface area contributed by atoms with Crippen molar-refractivity contribution >= 4 is 11.9 Å². The maximum Gasteiger partial charge on any atom is 0.326 e. The van der Waals surface area contributed by atoms with Gasteiger partial charge in [0.25, 0.3) is 5.91 Å². The van der Waals surface area contributed by atoms with Crippen molar-refractivity contribution in [2.24, 2.45) is 0 Å². The third-order valence-corrected chi connectivity index (χ3v) is 3.05. The number of carboxylic acids is 1. The normalized spacial score (nSPS) is 19.6. The van der Waals surface area contributed by atoms with Gasteiger partial charge >= 0.3 is 5.97 Å². The topological polar surface area (TPSA) is 83.6 Å². The number of aliphatic carboxylic acids is 1. The molecule has 1 amide bonds. The fourth-order valence-electron chi connectivity index (χ4n) is 2.20. The number of carbonyl (C=O) groups is 2. The predicted molar refractivity (Wildman–Crippen MR) is 57.7 cm³/mol. The zero-order chi connectivity index (χ0) is 12.6. The molecule has 6 heteroatoms. The van der Waals surface area contributed by atoms with Crippen LogP contribution in [0.3, 0.4) is 0 Å². The second-order valence-corrected chi connectivity index (χ2v) is 4.19. The second kappa shape index (κ2) is 4.20. The van der Waals surface area contributed by atoms with Gasteiger partial charge in [0.15, 0.2) is 0 Å². The van der Waals surface area contributed by atoms with Crippen molar-refractivity contribution < 1.29 is 19.2 Å². The summed E-state index contributed by atoms with van der Waals surface area (Å²) in [4.78, 5) is 24.6. The molecule has 17 heavy (non-hydrogen) atoms. The summed E-state index contributed by atoms with van der Waals surface area (Å²) in [5.74, 6) is -0.822. The highest BCUT2D eigenvalue weighted by Crippen LogP contribution is 2.23. The van der Waals surface area contributed by atoms with Crippen molar-refractivity contribution in [3.8, 4) is 0 Å². The Kier molecular flexibility index (Phi) is 2.87. The third kappa shape index (κ3) is 1.90. The molecule has 1 atom stereocenters. The summed E-state index contributed by atoms with van der Waals surface area (Å²) in [7, 11) is 0. The van der Waals surface area contributed by atoms with E-state index < -0.39 is 12.0 Å². The maximum absolute atomic E-state index is 12.2. The van der Waals surface area contributed by atoms with Crippen LogP contribution in [0.4, 0.5) is 0 Å². The van der Waals surface area contributed by atoms with Gasteiger partial charge in [-0.2, -0.15) is 0 Å². The van der Waals surface area contributed by atoms with Crippen LogP contribution in [0.2, 0.25) is 0 Å². The van der Waals surface area contributed by atoms with Crippen molar-refractivity contribution in [2.75, 3.05) is 6.54 Å². The summed E-state index contributed by atoms with van der Waals surface area (Å²) in [5, 5.41) is 12.7. The molecule has 0 radical (unpaired) electrons. The highest BCUT2D eigenvalue weighted by atomic mass is 16.5. The van der Waals surface area contributed by atoms with Gasteiger partial charge < -0.3 is 14.5 Å². The number of hydrogen-bond donors (Lipinski definition) is 1. The molecule has 1 N–H and O–H groups in total. The Labute approximate surface area is 98.2 Å². The molecule has 1 aromatic heterocycles. The summed E-state index contributed by atoms with van der Waals surface area (Å²) in [6.07, 6.45) is 1.22. The van der Waals surface area contributed by atoms with Gasteiger partial charge in [0.2, 0.25) is 0 Å². The standard InChI is InChI=1S/C11H14N2O4/c1-6-9(7(2)17-12-6)10(14)13-5-3-4-8(13)11(15)16/h8H,3-5H2,1-2H3,(H,15,16). The van der Waals surface area contributed by atoms with Gasteiger partial charge in [0, 0.05) is 6.54 Å². The molecule has 0 saturated carbocycles. The van der Waals surface area contributed by atoms with Gasteiger partial charge in [0.1, 0.15) is 17.4 Å². The van der Waals surface area contributed by atoms with Crippen molar-refractivity contribution in [3.63, 3.8) is 0 Å². The van der Waals surface area contributed by atoms with Crippen LogP contribution in [0.1, 0.15) is 34.7 Å². The molecule has 1 aliphatic rings. The average Bonchev–Trinajstić information content (AvgIpc) is 2.85. The number of carboxylic acid groups (broad SMARTS) is 1. The zero-order valence-electron chi connectivity index (χ0n) is 9.77. The molecular weight excluding hydrogens is 224 g/mol. The molecule has 1 aliphatic heterocycles. The maximum atomic E-state index is 12.2. The lowest BCUT2D eigenvalue weighted by Crippen LogP contribution is -2.40. The highest BCUT2D eigenvalue weighted by Gasteiger charge is 2.36. The molecule has 0 spiro atoms. The fourth-order valence-corrected chi connectivity index (χ4v) is 2.20. The van der Waals surface area contributed by atoms with E-state index in [9.17, 15) is 9.59 Å². The van der Waals surface area contributed by atoms with E-state index in [-0.39, 0.29) is 5.91 Å². The van der Waals surface area contributed by atoms with Crippen LogP contribution in [-0.2, 0) is 4.79 Å². The van der Waals surface area contributed by atoms with Crippen molar-refractivity contribution in [2.45, 2.75) is 32.7 Å². The Morgan fingerprint density at radius 1 is 1.47 bits per heavy atom. The van der Waals surface area contributed by atoms with Gasteiger partial charge in [-0.25, -0.2) is 4.79 Å². The molecule has 0 aliphatic carbocycles. The number of nitrogens with zero attached hydrogens (tertiary/aromatic N) is 2. The smallest absolute Gasteiger partial charge is 0.326 e. The first-order valence-corrected chi connectivity index (χ1v) is 5.49. The van der Waals surface area contributed by atoms with E-state index in [0.717, 1.165) is 0 Å². The number of aromatic nitrogens is 1. The van der Waals surface area contributed by atoms with Crippen LogP contribution in [0.5, 0.6) is 0 Å². The largest absolute Gasteiger partial charge is 0.480 e. The molecule has 2 rings (SSSR count). The Morgan fingerprint density at radius 3 is 2.71 bits per heavy atom. The van der Waals surface area contributed by atoms with E-state index in [1.54, 1.807) is 13.8 Å². The molecule has 6 nitrogen and oxygen atoms in total. The lowest BCUT2D eigenvalue weighted by Gasteiger charge is -2.21. The lowest BCUT2D eigenvalue weighted by molar-refractivity contribution is -0.141. The molecular formula is C11H14N2O4. The van der Waals surface area contributed by atoms with E-state index in [1.165, 1.54) is 4.90 Å². The first-order valence-electron chi connectivity index (χ1n) is 5.49. The van der Waals surface area contributed by atoms with Gasteiger partial charge in [-0.3, -0.25) is 4.79 Å². The zero-order valence-corrected chi connectivity index (χ0v) is 9.77. The monoisotopic (exact) mass is 238 g/mol. The molecule has 1 saturated heterocycles. The van der Waals surface area contributed by atoms with E-state index >= 15 is 0 Å². The number of carbonyl (C=O) groups excluding carboxylic acids is 1. The molecule has 0 bridgehead atoms. The molecule has 92 valence electrons. The van der Waals surface area contributed by atoms with Crippen molar-refractivity contribution in [3.05, 3.63) is 17.0 Å². The van der Waals surface area contributed by atoms with Crippen molar-refractivity contribution in [1.82, 2.24) is 10.1 Å². The highest BCUT2D eigenvalue weighted by molar-refractivity contribution is 5.98.